The summed E-state index contributed by atoms with van der Waals surface area (Å²) in [4.78, 5) is 38.4. The largest absolute Gasteiger partial charge is 0.497 e. The van der Waals surface area contributed by atoms with Crippen LogP contribution < -0.4 is 10.1 Å². The molecule has 1 aromatic carbocycles. The summed E-state index contributed by atoms with van der Waals surface area (Å²) in [5.74, 6) is -0.763. The molecule has 8 heteroatoms. The van der Waals surface area contributed by atoms with Crippen LogP contribution in [-0.4, -0.2) is 50.0 Å². The molecule has 0 spiro atoms. The number of hydrogen-bond donors (Lipinski definition) is 1. The first-order valence-corrected chi connectivity index (χ1v) is 9.13. The van der Waals surface area contributed by atoms with Gasteiger partial charge in [-0.25, -0.2) is 0 Å². The van der Waals surface area contributed by atoms with Gasteiger partial charge in [0.15, 0.2) is 6.61 Å². The number of carbonyl (C=O) groups is 3. The summed E-state index contributed by atoms with van der Waals surface area (Å²) >= 11 is 1.57. The van der Waals surface area contributed by atoms with Crippen molar-refractivity contribution in [1.29, 1.82) is 0 Å². The molecule has 0 unspecified atom stereocenters. The van der Waals surface area contributed by atoms with E-state index < -0.39 is 11.9 Å². The van der Waals surface area contributed by atoms with E-state index in [0.29, 0.717) is 17.9 Å². The molecule has 0 saturated carbocycles. The van der Waals surface area contributed by atoms with Crippen molar-refractivity contribution in [2.45, 2.75) is 13.5 Å². The van der Waals surface area contributed by atoms with Crippen molar-refractivity contribution in [1.82, 2.24) is 10.2 Å². The molecule has 2 rings (SSSR count). The number of nitrogens with zero attached hydrogens (tertiary/aromatic N) is 1. The molecule has 0 aliphatic rings. The van der Waals surface area contributed by atoms with Gasteiger partial charge >= 0.3 is 5.97 Å². The third-order valence-corrected chi connectivity index (χ3v) is 4.88. The summed E-state index contributed by atoms with van der Waals surface area (Å²) in [6.45, 7) is 1.77. The first-order valence-electron chi connectivity index (χ1n) is 8.25. The molecule has 7 nitrogen and oxygen atoms in total. The van der Waals surface area contributed by atoms with Crippen molar-refractivity contribution in [2.75, 3.05) is 27.3 Å². The Bertz CT molecular complexity index is 801. The number of likely N-dealkylation sites (N-methyl/N-ethyl adjacent to an activating group) is 1. The average molecular weight is 390 g/mol. The number of hydrogen-bond acceptors (Lipinski definition) is 6. The van der Waals surface area contributed by atoms with E-state index in [9.17, 15) is 14.4 Å². The molecule has 1 N–H and O–H groups in total. The number of aryl methyl sites for hydroxylation is 1. The lowest BCUT2D eigenvalue weighted by molar-refractivity contribution is -0.150. The zero-order chi connectivity index (χ0) is 19.8. The van der Waals surface area contributed by atoms with Gasteiger partial charge in [-0.15, -0.1) is 11.3 Å². The van der Waals surface area contributed by atoms with Gasteiger partial charge in [0.1, 0.15) is 12.3 Å². The minimum atomic E-state index is -0.675. The third-order valence-electron chi connectivity index (χ3n) is 3.88. The Balaban J connectivity index is 1.72. The van der Waals surface area contributed by atoms with E-state index in [1.54, 1.807) is 42.6 Å². The van der Waals surface area contributed by atoms with Crippen LogP contribution in [0.5, 0.6) is 5.75 Å². The minimum absolute atomic E-state index is 0.308. The van der Waals surface area contributed by atoms with Crippen LogP contribution in [0.15, 0.2) is 35.7 Å². The second-order valence-corrected chi connectivity index (χ2v) is 6.85. The maximum Gasteiger partial charge on any atom is 0.325 e. The zero-order valence-electron chi connectivity index (χ0n) is 15.5. The normalized spacial score (nSPS) is 10.2. The molecule has 0 atom stereocenters. The van der Waals surface area contributed by atoms with Crippen molar-refractivity contribution < 1.29 is 23.9 Å². The molecule has 0 aliphatic heterocycles. The van der Waals surface area contributed by atoms with Crippen molar-refractivity contribution in [3.05, 3.63) is 51.7 Å². The molecule has 0 fully saturated rings. The Morgan fingerprint density at radius 2 is 1.85 bits per heavy atom. The number of thiophene rings is 1. The number of esters is 1. The highest BCUT2D eigenvalue weighted by molar-refractivity contribution is 7.10. The van der Waals surface area contributed by atoms with E-state index in [1.165, 1.54) is 12.0 Å². The molecular formula is C19H22N2O5S. The molecular weight excluding hydrogens is 368 g/mol. The zero-order valence-corrected chi connectivity index (χ0v) is 16.3. The fourth-order valence-corrected chi connectivity index (χ4v) is 3.13. The summed E-state index contributed by atoms with van der Waals surface area (Å²) in [5, 5.41) is 4.42. The minimum Gasteiger partial charge on any atom is -0.497 e. The highest BCUT2D eigenvalue weighted by Gasteiger charge is 2.15. The standard InChI is InChI=1S/C19H22N2O5S/c1-13-8-9-27-16(13)11-21(2)17(22)12-26-18(23)10-20-19(24)14-4-6-15(25-3)7-5-14/h4-9H,10-12H2,1-3H3,(H,20,24). The van der Waals surface area contributed by atoms with Crippen LogP contribution in [0.3, 0.4) is 0 Å². The van der Waals surface area contributed by atoms with Gasteiger partial charge in [-0.2, -0.15) is 0 Å². The van der Waals surface area contributed by atoms with Crippen molar-refractivity contribution in [2.24, 2.45) is 0 Å². The first kappa shape index (κ1) is 20.4. The molecule has 2 aromatic rings. The van der Waals surface area contributed by atoms with Crippen molar-refractivity contribution in [3.8, 4) is 5.75 Å². The SMILES string of the molecule is COc1ccc(C(=O)NCC(=O)OCC(=O)N(C)Cc2sccc2C)cc1. The van der Waals surface area contributed by atoms with E-state index in [4.69, 9.17) is 9.47 Å². The van der Waals surface area contributed by atoms with E-state index >= 15 is 0 Å². The maximum atomic E-state index is 12.1. The molecule has 0 aliphatic carbocycles. The van der Waals surface area contributed by atoms with Gasteiger partial charge in [-0.1, -0.05) is 0 Å². The number of benzene rings is 1. The van der Waals surface area contributed by atoms with E-state index in [-0.39, 0.29) is 19.1 Å². The number of rotatable bonds is 8. The Labute approximate surface area is 161 Å². The topological polar surface area (TPSA) is 84.9 Å². The second kappa shape index (κ2) is 9.72. The molecule has 0 radical (unpaired) electrons. The van der Waals surface area contributed by atoms with Crippen LogP contribution in [-0.2, 0) is 20.9 Å². The van der Waals surface area contributed by atoms with Gasteiger partial charge in [0, 0.05) is 17.5 Å². The monoisotopic (exact) mass is 390 g/mol. The molecule has 0 bridgehead atoms. The van der Waals surface area contributed by atoms with Crippen LogP contribution in [0.2, 0.25) is 0 Å². The summed E-state index contributed by atoms with van der Waals surface area (Å²) in [5.41, 5.74) is 1.52. The van der Waals surface area contributed by atoms with E-state index in [1.807, 2.05) is 18.4 Å². The van der Waals surface area contributed by atoms with Crippen molar-refractivity contribution in [3.63, 3.8) is 0 Å². The summed E-state index contributed by atoms with van der Waals surface area (Å²) in [6.07, 6.45) is 0. The van der Waals surface area contributed by atoms with Crippen LogP contribution in [0.25, 0.3) is 0 Å². The highest BCUT2D eigenvalue weighted by Crippen LogP contribution is 2.17. The van der Waals surface area contributed by atoms with E-state index in [0.717, 1.165) is 10.4 Å². The van der Waals surface area contributed by atoms with E-state index in [2.05, 4.69) is 5.32 Å². The predicted molar refractivity (Wildman–Crippen MR) is 102 cm³/mol. The molecule has 0 saturated heterocycles. The number of nitrogens with one attached hydrogen (secondary N) is 1. The Hall–Kier alpha value is -2.87. The predicted octanol–water partition coefficient (Wildman–Crippen LogP) is 2.00. The molecule has 27 heavy (non-hydrogen) atoms. The van der Waals surface area contributed by atoms with Crippen LogP contribution in [0.1, 0.15) is 20.8 Å². The fourth-order valence-electron chi connectivity index (χ4n) is 2.17. The maximum absolute atomic E-state index is 12.1. The number of methoxy groups -OCH3 is 1. The Morgan fingerprint density at radius 1 is 1.15 bits per heavy atom. The van der Waals surface area contributed by atoms with Crippen LogP contribution in [0, 0.1) is 6.92 Å². The molecule has 1 heterocycles. The second-order valence-electron chi connectivity index (χ2n) is 5.85. The number of amides is 2. The Kier molecular flexibility index (Phi) is 7.36. The lowest BCUT2D eigenvalue weighted by Gasteiger charge is -2.16. The highest BCUT2D eigenvalue weighted by atomic mass is 32.1. The number of ether oxygens (including phenoxy) is 2. The number of carbonyl (C=O) groups excluding carboxylic acids is 3. The van der Waals surface area contributed by atoms with Crippen LogP contribution in [0.4, 0.5) is 0 Å². The smallest absolute Gasteiger partial charge is 0.325 e. The quantitative estimate of drug-likeness (QED) is 0.697. The lowest BCUT2D eigenvalue weighted by Crippen LogP contribution is -2.34. The summed E-state index contributed by atoms with van der Waals surface area (Å²) in [7, 11) is 3.19. The third kappa shape index (κ3) is 6.10. The van der Waals surface area contributed by atoms with Gasteiger partial charge in [0.05, 0.1) is 13.7 Å². The lowest BCUT2D eigenvalue weighted by atomic mass is 10.2. The average Bonchev–Trinajstić information content (AvgIpc) is 3.08. The fraction of sp³-hybridized carbons (Fsp3) is 0.316. The molecule has 2 amide bonds. The van der Waals surface area contributed by atoms with Gasteiger partial charge in [-0.05, 0) is 48.2 Å². The Morgan fingerprint density at radius 3 is 2.44 bits per heavy atom. The first-order chi connectivity index (χ1) is 12.9. The molecule has 1 aromatic heterocycles. The summed E-state index contributed by atoms with van der Waals surface area (Å²) < 4.78 is 9.95. The van der Waals surface area contributed by atoms with Crippen molar-refractivity contribution >= 4 is 29.1 Å². The van der Waals surface area contributed by atoms with Crippen LogP contribution >= 0.6 is 11.3 Å². The van der Waals surface area contributed by atoms with Gasteiger partial charge in [0.2, 0.25) is 0 Å². The summed E-state index contributed by atoms with van der Waals surface area (Å²) in [6, 6.07) is 8.47. The molecule has 144 valence electrons. The van der Waals surface area contributed by atoms with Gasteiger partial charge < -0.3 is 19.7 Å². The van der Waals surface area contributed by atoms with Gasteiger partial charge in [0.25, 0.3) is 11.8 Å². The van der Waals surface area contributed by atoms with Gasteiger partial charge in [-0.3, -0.25) is 14.4 Å².